The highest BCUT2D eigenvalue weighted by molar-refractivity contribution is 5.94. The first-order chi connectivity index (χ1) is 13.2. The van der Waals surface area contributed by atoms with Gasteiger partial charge in [0.15, 0.2) is 5.69 Å². The van der Waals surface area contributed by atoms with Gasteiger partial charge in [0.05, 0.1) is 11.4 Å². The molecule has 27 heavy (non-hydrogen) atoms. The maximum absolute atomic E-state index is 13.1. The van der Waals surface area contributed by atoms with E-state index in [0.29, 0.717) is 11.6 Å². The highest BCUT2D eigenvalue weighted by atomic mass is 16.2. The molecule has 0 spiro atoms. The zero-order valence-corrected chi connectivity index (χ0v) is 15.7. The maximum atomic E-state index is 13.1. The zero-order valence-electron chi connectivity index (χ0n) is 15.7. The Kier molecular flexibility index (Phi) is 4.85. The van der Waals surface area contributed by atoms with Crippen molar-refractivity contribution in [3.8, 4) is 5.69 Å². The van der Waals surface area contributed by atoms with Crippen LogP contribution in [0.1, 0.15) is 29.0 Å². The van der Waals surface area contributed by atoms with E-state index < -0.39 is 0 Å². The van der Waals surface area contributed by atoms with E-state index in [-0.39, 0.29) is 5.91 Å². The van der Waals surface area contributed by atoms with E-state index >= 15 is 0 Å². The zero-order chi connectivity index (χ0) is 18.8. The molecule has 0 saturated carbocycles. The first-order valence-electron chi connectivity index (χ1n) is 9.38. The second-order valence-electron chi connectivity index (χ2n) is 7.13. The summed E-state index contributed by atoms with van der Waals surface area (Å²) in [6, 6.07) is 7.93. The summed E-state index contributed by atoms with van der Waals surface area (Å²) >= 11 is 0. The lowest BCUT2D eigenvalue weighted by Crippen LogP contribution is -2.42. The average Bonchev–Trinajstić information content (AvgIpc) is 3.08. The van der Waals surface area contributed by atoms with Crippen molar-refractivity contribution in [2.75, 3.05) is 26.7 Å². The van der Waals surface area contributed by atoms with Gasteiger partial charge in [-0.25, -0.2) is 4.68 Å². The molecule has 1 aliphatic heterocycles. The summed E-state index contributed by atoms with van der Waals surface area (Å²) in [5, 5.41) is 13.8. The number of nitrogens with one attached hydrogen (secondary N) is 1. The Morgan fingerprint density at radius 1 is 1.33 bits per heavy atom. The summed E-state index contributed by atoms with van der Waals surface area (Å²) in [7, 11) is 1.95. The van der Waals surface area contributed by atoms with Crippen LogP contribution in [0.3, 0.4) is 0 Å². The van der Waals surface area contributed by atoms with E-state index in [1.165, 1.54) is 0 Å². The predicted octanol–water partition coefficient (Wildman–Crippen LogP) is 2.20. The number of carbonyl (C=O) groups excluding carboxylic acids is 1. The number of nitrogens with zero attached hydrogens (tertiary/aromatic N) is 5. The molecule has 3 aromatic rings. The van der Waals surface area contributed by atoms with E-state index in [1.807, 2.05) is 49.3 Å². The fourth-order valence-electron chi connectivity index (χ4n) is 3.90. The van der Waals surface area contributed by atoms with Crippen molar-refractivity contribution >= 4 is 16.7 Å². The fourth-order valence-corrected chi connectivity index (χ4v) is 3.90. The van der Waals surface area contributed by atoms with Crippen molar-refractivity contribution in [2.45, 2.75) is 19.8 Å². The van der Waals surface area contributed by atoms with Gasteiger partial charge in [-0.15, -0.1) is 5.10 Å². The first-order valence-corrected chi connectivity index (χ1v) is 9.38. The van der Waals surface area contributed by atoms with Gasteiger partial charge < -0.3 is 10.2 Å². The number of amides is 1. The van der Waals surface area contributed by atoms with Crippen molar-refractivity contribution in [1.82, 2.24) is 30.2 Å². The minimum absolute atomic E-state index is 0.0264. The Balaban J connectivity index is 1.65. The van der Waals surface area contributed by atoms with Gasteiger partial charge in [0.1, 0.15) is 0 Å². The van der Waals surface area contributed by atoms with E-state index in [4.69, 9.17) is 0 Å². The van der Waals surface area contributed by atoms with E-state index in [2.05, 4.69) is 20.6 Å². The summed E-state index contributed by atoms with van der Waals surface area (Å²) in [5.74, 6) is 0.468. The van der Waals surface area contributed by atoms with Crippen LogP contribution in [-0.4, -0.2) is 57.5 Å². The molecule has 1 amide bonds. The predicted molar refractivity (Wildman–Crippen MR) is 104 cm³/mol. The first kappa shape index (κ1) is 17.6. The van der Waals surface area contributed by atoms with Crippen molar-refractivity contribution in [2.24, 2.45) is 5.92 Å². The lowest BCUT2D eigenvalue weighted by molar-refractivity contribution is 0.0667. The Hall–Kier alpha value is -2.80. The van der Waals surface area contributed by atoms with Crippen LogP contribution in [0, 0.1) is 12.8 Å². The monoisotopic (exact) mass is 364 g/mol. The molecule has 1 aromatic carbocycles. The Morgan fingerprint density at radius 2 is 2.22 bits per heavy atom. The molecular formula is C20H24N6O. The van der Waals surface area contributed by atoms with Crippen molar-refractivity contribution in [3.05, 3.63) is 48.0 Å². The summed E-state index contributed by atoms with van der Waals surface area (Å²) in [5.41, 5.74) is 2.11. The lowest BCUT2D eigenvalue weighted by Gasteiger charge is -2.32. The number of likely N-dealkylation sites (tertiary alicyclic amines) is 1. The molecule has 1 fully saturated rings. The molecule has 0 bridgehead atoms. The number of hydrogen-bond donors (Lipinski definition) is 1. The van der Waals surface area contributed by atoms with Crippen molar-refractivity contribution < 1.29 is 4.79 Å². The summed E-state index contributed by atoms with van der Waals surface area (Å²) in [4.78, 5) is 19.2. The molecule has 1 aliphatic rings. The molecular weight excluding hydrogens is 340 g/mol. The van der Waals surface area contributed by atoms with E-state index in [1.54, 1.807) is 10.9 Å². The minimum atomic E-state index is -0.0264. The van der Waals surface area contributed by atoms with Gasteiger partial charge in [-0.05, 0) is 51.4 Å². The highest BCUT2D eigenvalue weighted by Gasteiger charge is 2.28. The van der Waals surface area contributed by atoms with Gasteiger partial charge in [0.2, 0.25) is 0 Å². The van der Waals surface area contributed by atoms with Gasteiger partial charge in [-0.1, -0.05) is 17.3 Å². The molecule has 1 saturated heterocycles. The smallest absolute Gasteiger partial charge is 0.276 e. The number of benzene rings is 1. The number of fused-ring (bicyclic) bond motifs is 1. The molecule has 0 aliphatic carbocycles. The van der Waals surface area contributed by atoms with Crippen LogP contribution in [0.2, 0.25) is 0 Å². The Bertz CT molecular complexity index is 959. The van der Waals surface area contributed by atoms with Gasteiger partial charge >= 0.3 is 0 Å². The van der Waals surface area contributed by atoms with Crippen LogP contribution in [0.4, 0.5) is 0 Å². The number of hydrogen-bond acceptors (Lipinski definition) is 5. The summed E-state index contributed by atoms with van der Waals surface area (Å²) < 4.78 is 1.75. The molecule has 1 unspecified atom stereocenters. The topological polar surface area (TPSA) is 75.9 Å². The number of carbonyl (C=O) groups is 1. The number of aromatic nitrogens is 4. The second-order valence-corrected chi connectivity index (χ2v) is 7.13. The summed E-state index contributed by atoms with van der Waals surface area (Å²) in [6.07, 6.45) is 5.77. The second kappa shape index (κ2) is 7.44. The highest BCUT2D eigenvalue weighted by Crippen LogP contribution is 2.24. The minimum Gasteiger partial charge on any atom is -0.337 e. The fraction of sp³-hybridized carbons (Fsp3) is 0.400. The van der Waals surface area contributed by atoms with E-state index in [0.717, 1.165) is 54.6 Å². The molecule has 1 atom stereocenters. The third-order valence-electron chi connectivity index (χ3n) is 5.28. The lowest BCUT2D eigenvalue weighted by atomic mass is 9.97. The normalized spacial score (nSPS) is 17.4. The van der Waals surface area contributed by atoms with Gasteiger partial charge in [-0.2, -0.15) is 0 Å². The Labute approximate surface area is 158 Å². The van der Waals surface area contributed by atoms with Crippen LogP contribution in [0.5, 0.6) is 0 Å². The molecule has 0 radical (unpaired) electrons. The van der Waals surface area contributed by atoms with Crippen molar-refractivity contribution in [1.29, 1.82) is 0 Å². The number of piperidine rings is 1. The van der Waals surface area contributed by atoms with Crippen LogP contribution >= 0.6 is 0 Å². The third kappa shape index (κ3) is 3.30. The molecule has 140 valence electrons. The molecule has 2 aromatic heterocycles. The number of rotatable bonds is 4. The molecule has 3 heterocycles. The summed E-state index contributed by atoms with van der Waals surface area (Å²) in [6.45, 7) is 4.39. The molecule has 7 nitrogen and oxygen atoms in total. The largest absolute Gasteiger partial charge is 0.337 e. The standard InChI is InChI=1S/C20H24N6O/c1-14-19(20(27)25-10-4-5-15(13-25)11-21-2)23-24-26(14)18-7-3-6-16-12-22-9-8-17(16)18/h3,6-9,12,15,21H,4-5,10-11,13H2,1-2H3. The van der Waals surface area contributed by atoms with Crippen LogP contribution in [-0.2, 0) is 0 Å². The van der Waals surface area contributed by atoms with Gasteiger partial charge in [0.25, 0.3) is 5.91 Å². The quantitative estimate of drug-likeness (QED) is 0.768. The number of pyridine rings is 1. The Morgan fingerprint density at radius 3 is 3.07 bits per heavy atom. The van der Waals surface area contributed by atoms with Crippen LogP contribution in [0.25, 0.3) is 16.5 Å². The van der Waals surface area contributed by atoms with Gasteiger partial charge in [-0.3, -0.25) is 9.78 Å². The van der Waals surface area contributed by atoms with E-state index in [9.17, 15) is 4.79 Å². The van der Waals surface area contributed by atoms with Crippen molar-refractivity contribution in [3.63, 3.8) is 0 Å². The third-order valence-corrected chi connectivity index (χ3v) is 5.28. The maximum Gasteiger partial charge on any atom is 0.276 e. The van der Waals surface area contributed by atoms with Crippen LogP contribution in [0.15, 0.2) is 36.7 Å². The SMILES string of the molecule is CNCC1CCCN(C(=O)c2nnn(-c3cccc4cnccc34)c2C)C1. The average molecular weight is 364 g/mol. The molecule has 4 rings (SSSR count). The molecule has 1 N–H and O–H groups in total. The van der Waals surface area contributed by atoms with Gasteiger partial charge in [0, 0.05) is 36.3 Å². The molecule has 7 heteroatoms. The van der Waals surface area contributed by atoms with Crippen LogP contribution < -0.4 is 5.32 Å².